The van der Waals surface area contributed by atoms with Crippen molar-refractivity contribution in [3.63, 3.8) is 0 Å². The fraction of sp³-hybridized carbons (Fsp3) is 0.455. The van der Waals surface area contributed by atoms with Gasteiger partial charge in [-0.05, 0) is 49.8 Å². The summed E-state index contributed by atoms with van der Waals surface area (Å²) >= 11 is 0. The summed E-state index contributed by atoms with van der Waals surface area (Å²) in [4.78, 5) is 17.2. The molecule has 0 spiro atoms. The van der Waals surface area contributed by atoms with Gasteiger partial charge in [0.15, 0.2) is 5.78 Å². The molecule has 1 aromatic carbocycles. The molecule has 7 heteroatoms. The van der Waals surface area contributed by atoms with Crippen molar-refractivity contribution in [1.82, 2.24) is 19.9 Å². The van der Waals surface area contributed by atoms with Gasteiger partial charge in [-0.15, -0.1) is 0 Å². The van der Waals surface area contributed by atoms with E-state index in [2.05, 4.69) is 27.4 Å². The molecule has 2 aromatic heterocycles. The van der Waals surface area contributed by atoms with Gasteiger partial charge in [-0.2, -0.15) is 10.1 Å². The molecule has 0 saturated carbocycles. The molecule has 0 unspecified atom stereocenters. The van der Waals surface area contributed by atoms with E-state index < -0.39 is 5.60 Å². The zero-order valence-corrected chi connectivity index (χ0v) is 17.1. The first-order valence-electron chi connectivity index (χ1n) is 10.1. The molecule has 29 heavy (non-hydrogen) atoms. The molecule has 2 heterocycles. The average Bonchev–Trinajstić information content (AvgIpc) is 3.39. The lowest BCUT2D eigenvalue weighted by atomic mass is 9.93. The average molecular weight is 394 g/mol. The van der Waals surface area contributed by atoms with Gasteiger partial charge in [0.25, 0.3) is 0 Å². The number of ketones is 1. The van der Waals surface area contributed by atoms with Crippen LogP contribution in [-0.2, 0) is 19.4 Å². The lowest BCUT2D eigenvalue weighted by molar-refractivity contribution is 0.0576. The highest BCUT2D eigenvalue weighted by Gasteiger charge is 2.26. The number of Topliss-reactive ketones (excluding diaryl/α,β-unsaturated/α-hetero) is 1. The predicted octanol–water partition coefficient (Wildman–Crippen LogP) is 3.57. The van der Waals surface area contributed by atoms with Crippen LogP contribution >= 0.6 is 0 Å². The first kappa shape index (κ1) is 19.5. The van der Waals surface area contributed by atoms with Gasteiger partial charge >= 0.3 is 0 Å². The van der Waals surface area contributed by atoms with Gasteiger partial charge in [0.1, 0.15) is 0 Å². The molecule has 3 aromatic rings. The van der Waals surface area contributed by atoms with Crippen molar-refractivity contribution in [3.8, 4) is 11.4 Å². The first-order valence-corrected chi connectivity index (χ1v) is 10.1. The van der Waals surface area contributed by atoms with E-state index in [1.165, 1.54) is 11.1 Å². The highest BCUT2D eigenvalue weighted by molar-refractivity contribution is 5.96. The van der Waals surface area contributed by atoms with E-state index in [9.17, 15) is 9.90 Å². The number of rotatable bonds is 7. The van der Waals surface area contributed by atoms with E-state index in [1.807, 2.05) is 13.0 Å². The summed E-state index contributed by atoms with van der Waals surface area (Å²) in [5.74, 6) is 1.54. The monoisotopic (exact) mass is 394 g/mol. The largest absolute Gasteiger partial charge is 0.389 e. The third-order valence-electron chi connectivity index (χ3n) is 5.31. The molecule has 152 valence electrons. The van der Waals surface area contributed by atoms with Crippen molar-refractivity contribution >= 4 is 5.78 Å². The molecule has 0 fully saturated rings. The molecular formula is C22H26N4O3. The zero-order chi connectivity index (χ0) is 20.6. The Labute approximate surface area is 169 Å². The number of hydrogen-bond donors (Lipinski definition) is 1. The summed E-state index contributed by atoms with van der Waals surface area (Å²) in [7, 11) is 0. The van der Waals surface area contributed by atoms with Crippen LogP contribution in [0.5, 0.6) is 0 Å². The minimum Gasteiger partial charge on any atom is -0.389 e. The Morgan fingerprint density at radius 2 is 2.21 bits per heavy atom. The molecule has 4 rings (SSSR count). The van der Waals surface area contributed by atoms with Gasteiger partial charge in [-0.3, -0.25) is 9.48 Å². The van der Waals surface area contributed by atoms with Crippen molar-refractivity contribution in [2.75, 3.05) is 0 Å². The van der Waals surface area contributed by atoms with Crippen LogP contribution in [0.2, 0.25) is 0 Å². The van der Waals surface area contributed by atoms with E-state index in [0.717, 1.165) is 18.4 Å². The number of aromatic nitrogens is 4. The van der Waals surface area contributed by atoms with Crippen LogP contribution in [0, 0.1) is 0 Å². The Kier molecular flexibility index (Phi) is 5.08. The van der Waals surface area contributed by atoms with Crippen LogP contribution in [-0.4, -0.2) is 36.4 Å². The highest BCUT2D eigenvalue weighted by atomic mass is 16.5. The Hall–Kier alpha value is -2.80. The van der Waals surface area contributed by atoms with Crippen molar-refractivity contribution < 1.29 is 14.4 Å². The lowest BCUT2D eigenvalue weighted by Crippen LogP contribution is -2.26. The van der Waals surface area contributed by atoms with Crippen LogP contribution in [0.15, 0.2) is 35.1 Å². The third kappa shape index (κ3) is 4.29. The summed E-state index contributed by atoms with van der Waals surface area (Å²) < 4.78 is 6.84. The minimum absolute atomic E-state index is 0.0830. The Balaban J connectivity index is 1.46. The molecule has 0 amide bonds. The summed E-state index contributed by atoms with van der Waals surface area (Å²) in [6, 6.07) is 6.22. The number of carbonyl (C=O) groups is 1. The van der Waals surface area contributed by atoms with Crippen LogP contribution < -0.4 is 0 Å². The number of benzene rings is 1. The Morgan fingerprint density at radius 3 is 2.93 bits per heavy atom. The quantitative estimate of drug-likeness (QED) is 0.616. The van der Waals surface area contributed by atoms with E-state index in [4.69, 9.17) is 4.52 Å². The van der Waals surface area contributed by atoms with E-state index in [1.54, 1.807) is 30.9 Å². The zero-order valence-electron chi connectivity index (χ0n) is 17.1. The first-order chi connectivity index (χ1) is 13.8. The topological polar surface area (TPSA) is 94.0 Å². The Morgan fingerprint density at radius 1 is 1.38 bits per heavy atom. The second kappa shape index (κ2) is 7.55. The number of aryl methyl sites for hydroxylation is 2. The molecule has 0 bridgehead atoms. The maximum Gasteiger partial charge on any atom is 0.226 e. The maximum atomic E-state index is 12.8. The van der Waals surface area contributed by atoms with Gasteiger partial charge in [0.05, 0.1) is 23.9 Å². The molecule has 0 aliphatic heterocycles. The number of hydrogen-bond acceptors (Lipinski definition) is 6. The fourth-order valence-corrected chi connectivity index (χ4v) is 3.90. The Bertz CT molecular complexity index is 1030. The molecule has 1 atom stereocenters. The second-order valence-corrected chi connectivity index (χ2v) is 8.38. The van der Waals surface area contributed by atoms with Crippen molar-refractivity contribution in [2.24, 2.45) is 0 Å². The van der Waals surface area contributed by atoms with Gasteiger partial charge in [0, 0.05) is 24.6 Å². The van der Waals surface area contributed by atoms with E-state index >= 15 is 0 Å². The molecule has 1 aliphatic carbocycles. The third-order valence-corrected chi connectivity index (χ3v) is 5.31. The van der Waals surface area contributed by atoms with Gasteiger partial charge in [0.2, 0.25) is 11.7 Å². The summed E-state index contributed by atoms with van der Waals surface area (Å²) in [5.41, 5.74) is 3.15. The number of carbonyl (C=O) groups excluding carboxylic acids is 1. The number of aliphatic hydroxyl groups is 1. The maximum absolute atomic E-state index is 12.8. The lowest BCUT2D eigenvalue weighted by Gasteiger charge is -2.16. The summed E-state index contributed by atoms with van der Waals surface area (Å²) in [6.07, 6.45) is 6.39. The van der Waals surface area contributed by atoms with Gasteiger partial charge < -0.3 is 9.63 Å². The molecular weight excluding hydrogens is 368 g/mol. The predicted molar refractivity (Wildman–Crippen MR) is 108 cm³/mol. The van der Waals surface area contributed by atoms with Gasteiger partial charge in [-0.1, -0.05) is 24.2 Å². The van der Waals surface area contributed by atoms with Crippen molar-refractivity contribution in [3.05, 3.63) is 53.2 Å². The molecule has 0 radical (unpaired) electrons. The van der Waals surface area contributed by atoms with Crippen molar-refractivity contribution in [2.45, 2.75) is 64.5 Å². The normalized spacial score (nSPS) is 16.2. The molecule has 0 saturated heterocycles. The van der Waals surface area contributed by atoms with Crippen LogP contribution in [0.1, 0.15) is 66.9 Å². The molecule has 1 N–H and O–H groups in total. The van der Waals surface area contributed by atoms with Crippen LogP contribution in [0.3, 0.4) is 0 Å². The molecule has 1 aliphatic rings. The fourth-order valence-electron chi connectivity index (χ4n) is 3.90. The minimum atomic E-state index is -0.870. The van der Waals surface area contributed by atoms with E-state index in [0.29, 0.717) is 36.7 Å². The smallest absolute Gasteiger partial charge is 0.226 e. The number of nitrogens with zero attached hydrogens (tertiary/aromatic N) is 4. The van der Waals surface area contributed by atoms with Crippen LogP contribution in [0.25, 0.3) is 11.4 Å². The molecule has 7 nitrogen and oxygen atoms in total. The highest BCUT2D eigenvalue weighted by Crippen LogP contribution is 2.38. The SMILES string of the molecule is CCc1nc(-c2ccc3c(c2)CC[C@H]3CC(=O)c2cnn(CC(C)(C)O)c2)no1. The summed E-state index contributed by atoms with van der Waals surface area (Å²) in [6.45, 7) is 5.77. The number of fused-ring (bicyclic) bond motifs is 1. The van der Waals surface area contributed by atoms with Crippen LogP contribution in [0.4, 0.5) is 0 Å². The standard InChI is InChI=1S/C22H26N4O3/c1-4-20-24-21(25-29-20)16-7-8-18-14(9-16)5-6-15(18)10-19(27)17-11-23-26(12-17)13-22(2,3)28/h7-9,11-12,15,28H,4-6,10,13H2,1-3H3/t15-/m0/s1. The van der Waals surface area contributed by atoms with E-state index in [-0.39, 0.29) is 11.7 Å². The van der Waals surface area contributed by atoms with Crippen molar-refractivity contribution in [1.29, 1.82) is 0 Å². The summed E-state index contributed by atoms with van der Waals surface area (Å²) in [5, 5.41) is 18.2. The van der Waals surface area contributed by atoms with Gasteiger partial charge in [-0.25, -0.2) is 0 Å². The second-order valence-electron chi connectivity index (χ2n) is 8.38.